The van der Waals surface area contributed by atoms with Crippen molar-refractivity contribution < 1.29 is 9.72 Å². The normalized spacial score (nSPS) is 11.1. The summed E-state index contributed by atoms with van der Waals surface area (Å²) in [4.78, 5) is 21.6. The van der Waals surface area contributed by atoms with Gasteiger partial charge in [-0.25, -0.2) is 4.79 Å². The predicted octanol–water partition coefficient (Wildman–Crippen LogP) is 2.13. The van der Waals surface area contributed by atoms with Crippen molar-refractivity contribution in [3.8, 4) is 12.3 Å². The van der Waals surface area contributed by atoms with E-state index in [0.717, 1.165) is 0 Å². The van der Waals surface area contributed by atoms with Gasteiger partial charge in [-0.3, -0.25) is 10.1 Å². The van der Waals surface area contributed by atoms with Crippen LogP contribution in [0.5, 0.6) is 0 Å². The Morgan fingerprint density at radius 2 is 2.33 bits per heavy atom. The van der Waals surface area contributed by atoms with Gasteiger partial charge in [0.1, 0.15) is 0 Å². The lowest BCUT2D eigenvalue weighted by Gasteiger charge is -2.11. The number of rotatable bonds is 4. The van der Waals surface area contributed by atoms with Crippen molar-refractivity contribution >= 4 is 17.4 Å². The van der Waals surface area contributed by atoms with E-state index in [0.29, 0.717) is 12.1 Å². The van der Waals surface area contributed by atoms with Crippen LogP contribution in [-0.2, 0) is 0 Å². The minimum absolute atomic E-state index is 0.0863. The molecule has 0 bridgehead atoms. The van der Waals surface area contributed by atoms with Crippen LogP contribution >= 0.6 is 0 Å². The summed E-state index contributed by atoms with van der Waals surface area (Å²) in [7, 11) is 0. The summed E-state index contributed by atoms with van der Waals surface area (Å²) < 4.78 is 0. The first-order valence-electron chi connectivity index (χ1n) is 5.35. The third-order valence-corrected chi connectivity index (χ3v) is 2.23. The van der Waals surface area contributed by atoms with Crippen LogP contribution in [0.25, 0.3) is 0 Å². The van der Waals surface area contributed by atoms with Gasteiger partial charge in [0.05, 0.1) is 11.0 Å². The van der Waals surface area contributed by atoms with Crippen molar-refractivity contribution in [2.75, 3.05) is 5.32 Å². The van der Waals surface area contributed by atoms with Gasteiger partial charge in [0, 0.05) is 17.8 Å². The van der Waals surface area contributed by atoms with E-state index in [1.54, 1.807) is 6.07 Å². The van der Waals surface area contributed by atoms with E-state index in [2.05, 4.69) is 16.6 Å². The molecule has 2 N–H and O–H groups in total. The Morgan fingerprint density at radius 3 is 2.89 bits per heavy atom. The zero-order valence-corrected chi connectivity index (χ0v) is 9.84. The summed E-state index contributed by atoms with van der Waals surface area (Å²) in [5.74, 6) is 2.42. The second kappa shape index (κ2) is 6.25. The zero-order chi connectivity index (χ0) is 13.5. The van der Waals surface area contributed by atoms with Crippen molar-refractivity contribution in [3.05, 3.63) is 34.4 Å². The first-order valence-corrected chi connectivity index (χ1v) is 5.35. The van der Waals surface area contributed by atoms with E-state index < -0.39 is 11.0 Å². The fourth-order valence-corrected chi connectivity index (χ4v) is 1.28. The van der Waals surface area contributed by atoms with Gasteiger partial charge in [0.2, 0.25) is 0 Å². The second-order valence-corrected chi connectivity index (χ2v) is 3.53. The summed E-state index contributed by atoms with van der Waals surface area (Å²) in [6.07, 6.45) is 5.82. The number of hydrogen-bond donors (Lipinski definition) is 2. The Bertz CT molecular complexity index is 494. The summed E-state index contributed by atoms with van der Waals surface area (Å²) in [5.41, 5.74) is 0.255. The van der Waals surface area contributed by atoms with E-state index in [1.165, 1.54) is 18.2 Å². The molecule has 0 saturated carbocycles. The number of urea groups is 1. The number of nitro benzene ring substituents is 1. The molecule has 0 fully saturated rings. The van der Waals surface area contributed by atoms with E-state index in [-0.39, 0.29) is 11.7 Å². The van der Waals surface area contributed by atoms with Crippen molar-refractivity contribution in [2.24, 2.45) is 0 Å². The number of non-ortho nitro benzene ring substituents is 1. The molecule has 94 valence electrons. The van der Waals surface area contributed by atoms with Gasteiger partial charge < -0.3 is 10.6 Å². The number of hydrogen-bond acceptors (Lipinski definition) is 3. The van der Waals surface area contributed by atoms with Gasteiger partial charge in [0.25, 0.3) is 5.69 Å². The van der Waals surface area contributed by atoms with Crippen LogP contribution < -0.4 is 10.6 Å². The number of nitrogens with zero attached hydrogens (tertiary/aromatic N) is 1. The Hall–Kier alpha value is -2.55. The molecule has 2 amide bonds. The van der Waals surface area contributed by atoms with Crippen LogP contribution in [0.15, 0.2) is 24.3 Å². The van der Waals surface area contributed by atoms with E-state index >= 15 is 0 Å². The lowest BCUT2D eigenvalue weighted by atomic mass is 10.2. The number of carbonyl (C=O) groups excluding carboxylic acids is 1. The number of amides is 2. The van der Waals surface area contributed by atoms with E-state index in [4.69, 9.17) is 6.42 Å². The number of anilines is 1. The number of carbonyl (C=O) groups is 1. The molecule has 0 spiro atoms. The van der Waals surface area contributed by atoms with Crippen LogP contribution in [0, 0.1) is 22.5 Å². The molecule has 0 saturated heterocycles. The summed E-state index contributed by atoms with van der Waals surface area (Å²) in [5, 5.41) is 15.6. The maximum atomic E-state index is 11.5. The molecule has 1 atom stereocenters. The molecule has 6 nitrogen and oxygen atoms in total. The summed E-state index contributed by atoms with van der Waals surface area (Å²) >= 11 is 0. The fraction of sp³-hybridized carbons (Fsp3) is 0.250. The molecule has 1 aromatic carbocycles. The molecule has 0 radical (unpaired) electrons. The number of nitrogens with one attached hydrogen (secondary N) is 2. The number of terminal acetylenes is 1. The van der Waals surface area contributed by atoms with Crippen molar-refractivity contribution in [1.82, 2.24) is 5.32 Å². The van der Waals surface area contributed by atoms with Gasteiger partial charge in [0.15, 0.2) is 0 Å². The first kappa shape index (κ1) is 13.5. The predicted molar refractivity (Wildman–Crippen MR) is 68.2 cm³/mol. The lowest BCUT2D eigenvalue weighted by molar-refractivity contribution is -0.384. The molecule has 0 heterocycles. The number of benzene rings is 1. The second-order valence-electron chi connectivity index (χ2n) is 3.53. The quantitative estimate of drug-likeness (QED) is 0.485. The fourth-order valence-electron chi connectivity index (χ4n) is 1.28. The summed E-state index contributed by atoms with van der Waals surface area (Å²) in [6, 6.07) is 4.83. The Balaban J connectivity index is 2.68. The maximum Gasteiger partial charge on any atom is 0.320 e. The highest BCUT2D eigenvalue weighted by molar-refractivity contribution is 5.90. The largest absolute Gasteiger partial charge is 0.324 e. The highest BCUT2D eigenvalue weighted by atomic mass is 16.6. The van der Waals surface area contributed by atoms with Crippen LogP contribution in [-0.4, -0.2) is 17.0 Å². The SMILES string of the molecule is C#CC(CC)NC(=O)Nc1cccc([N+](=O)[O-])c1. The Labute approximate surface area is 105 Å². The molecule has 18 heavy (non-hydrogen) atoms. The highest BCUT2D eigenvalue weighted by Crippen LogP contribution is 2.16. The molecule has 0 aliphatic rings. The zero-order valence-electron chi connectivity index (χ0n) is 9.84. The monoisotopic (exact) mass is 247 g/mol. The van der Waals surface area contributed by atoms with Gasteiger partial charge >= 0.3 is 6.03 Å². The van der Waals surface area contributed by atoms with Crippen LogP contribution in [0.4, 0.5) is 16.2 Å². The number of nitro groups is 1. The van der Waals surface area contributed by atoms with Crippen molar-refractivity contribution in [2.45, 2.75) is 19.4 Å². The molecular weight excluding hydrogens is 234 g/mol. The average Bonchev–Trinajstić information content (AvgIpc) is 2.36. The van der Waals surface area contributed by atoms with Gasteiger partial charge in [-0.15, -0.1) is 6.42 Å². The minimum Gasteiger partial charge on any atom is -0.324 e. The molecule has 1 unspecified atom stereocenters. The van der Waals surface area contributed by atoms with E-state index in [1.807, 2.05) is 6.92 Å². The molecule has 1 aromatic rings. The minimum atomic E-state index is -0.528. The Kier molecular flexibility index (Phi) is 4.69. The molecule has 0 aliphatic heterocycles. The Morgan fingerprint density at radius 1 is 1.61 bits per heavy atom. The maximum absolute atomic E-state index is 11.5. The first-order chi connectivity index (χ1) is 8.56. The van der Waals surface area contributed by atoms with Gasteiger partial charge in [-0.05, 0) is 12.5 Å². The van der Waals surface area contributed by atoms with Gasteiger partial charge in [-0.2, -0.15) is 0 Å². The standard InChI is InChI=1S/C12H13N3O3/c1-3-9(4-2)13-12(16)14-10-6-5-7-11(8-10)15(17)18/h1,5-9H,4H2,2H3,(H2,13,14,16). The van der Waals surface area contributed by atoms with Crippen molar-refractivity contribution in [3.63, 3.8) is 0 Å². The van der Waals surface area contributed by atoms with Crippen LogP contribution in [0.2, 0.25) is 0 Å². The molecule has 6 heteroatoms. The molecular formula is C12H13N3O3. The van der Waals surface area contributed by atoms with Crippen LogP contribution in [0.3, 0.4) is 0 Å². The third kappa shape index (κ3) is 3.79. The molecule has 0 aliphatic carbocycles. The third-order valence-electron chi connectivity index (χ3n) is 2.23. The highest BCUT2D eigenvalue weighted by Gasteiger charge is 2.10. The van der Waals surface area contributed by atoms with Crippen LogP contribution in [0.1, 0.15) is 13.3 Å². The smallest absolute Gasteiger partial charge is 0.320 e. The van der Waals surface area contributed by atoms with Gasteiger partial charge in [-0.1, -0.05) is 18.9 Å². The topological polar surface area (TPSA) is 84.3 Å². The van der Waals surface area contributed by atoms with Crippen molar-refractivity contribution in [1.29, 1.82) is 0 Å². The van der Waals surface area contributed by atoms with E-state index in [9.17, 15) is 14.9 Å². The average molecular weight is 247 g/mol. The lowest BCUT2D eigenvalue weighted by Crippen LogP contribution is -2.36. The summed E-state index contributed by atoms with van der Waals surface area (Å²) in [6.45, 7) is 1.85. The molecule has 0 aromatic heterocycles. The molecule has 1 rings (SSSR count).